The molecule has 3 fully saturated rings. The third-order valence-electron chi connectivity index (χ3n) is 6.53. The molecule has 0 spiro atoms. The molecule has 19 heavy (non-hydrogen) atoms. The predicted molar refractivity (Wildman–Crippen MR) is 79.9 cm³/mol. The average Bonchev–Trinajstić information content (AvgIpc) is 3.03. The summed E-state index contributed by atoms with van der Waals surface area (Å²) in [5, 5.41) is 10.9. The standard InChI is InChI=1S/C18H32O/c1-13(2)12-18(7-3-4-8-18)17(19)11-16-10-14-5-6-15(16)9-14/h13-17,19H,3-12H2,1-2H3. The van der Waals surface area contributed by atoms with Gasteiger partial charge in [0.25, 0.3) is 0 Å². The van der Waals surface area contributed by atoms with E-state index in [1.54, 1.807) is 0 Å². The van der Waals surface area contributed by atoms with Crippen molar-refractivity contribution < 1.29 is 5.11 Å². The van der Waals surface area contributed by atoms with Crippen molar-refractivity contribution in [1.82, 2.24) is 0 Å². The summed E-state index contributed by atoms with van der Waals surface area (Å²) in [6.07, 6.45) is 13.5. The van der Waals surface area contributed by atoms with E-state index in [2.05, 4.69) is 13.8 Å². The summed E-state index contributed by atoms with van der Waals surface area (Å²) in [5.41, 5.74) is 0.288. The molecule has 110 valence electrons. The van der Waals surface area contributed by atoms with Crippen LogP contribution >= 0.6 is 0 Å². The molecule has 0 aromatic rings. The lowest BCUT2D eigenvalue weighted by Gasteiger charge is -2.38. The van der Waals surface area contributed by atoms with Crippen LogP contribution in [0.2, 0.25) is 0 Å². The van der Waals surface area contributed by atoms with Crippen molar-refractivity contribution in [3.05, 3.63) is 0 Å². The minimum Gasteiger partial charge on any atom is -0.393 e. The van der Waals surface area contributed by atoms with Gasteiger partial charge >= 0.3 is 0 Å². The number of aliphatic hydroxyl groups is 1. The van der Waals surface area contributed by atoms with Gasteiger partial charge in [-0.25, -0.2) is 0 Å². The molecule has 3 aliphatic carbocycles. The van der Waals surface area contributed by atoms with Crippen LogP contribution in [0.3, 0.4) is 0 Å². The van der Waals surface area contributed by atoms with E-state index in [0.717, 1.165) is 30.1 Å². The Hall–Kier alpha value is -0.0400. The fourth-order valence-corrected chi connectivity index (χ4v) is 5.77. The van der Waals surface area contributed by atoms with Crippen molar-refractivity contribution in [1.29, 1.82) is 0 Å². The largest absolute Gasteiger partial charge is 0.393 e. The zero-order valence-corrected chi connectivity index (χ0v) is 12.9. The minimum atomic E-state index is -0.0123. The lowest BCUT2D eigenvalue weighted by Crippen LogP contribution is -2.36. The topological polar surface area (TPSA) is 20.2 Å². The number of hydrogen-bond acceptors (Lipinski definition) is 1. The van der Waals surface area contributed by atoms with Crippen LogP contribution < -0.4 is 0 Å². The highest BCUT2D eigenvalue weighted by Crippen LogP contribution is 2.53. The highest BCUT2D eigenvalue weighted by molar-refractivity contribution is 4.96. The van der Waals surface area contributed by atoms with Crippen LogP contribution in [0.1, 0.15) is 78.1 Å². The summed E-state index contributed by atoms with van der Waals surface area (Å²) in [5.74, 6) is 3.58. The highest BCUT2D eigenvalue weighted by atomic mass is 16.3. The van der Waals surface area contributed by atoms with E-state index in [-0.39, 0.29) is 11.5 Å². The Labute approximate surface area is 119 Å². The first kappa shape index (κ1) is 13.9. The molecule has 0 heterocycles. The van der Waals surface area contributed by atoms with Crippen LogP contribution in [0.15, 0.2) is 0 Å². The Bertz CT molecular complexity index is 303. The maximum atomic E-state index is 10.9. The van der Waals surface area contributed by atoms with E-state index in [9.17, 15) is 5.11 Å². The molecule has 0 aliphatic heterocycles. The van der Waals surface area contributed by atoms with Gasteiger partial charge in [-0.2, -0.15) is 0 Å². The molecule has 3 aliphatic rings. The fourth-order valence-electron chi connectivity index (χ4n) is 5.77. The van der Waals surface area contributed by atoms with Crippen LogP contribution in [-0.4, -0.2) is 11.2 Å². The second-order valence-electron chi connectivity index (χ2n) is 8.35. The number of aliphatic hydroxyl groups excluding tert-OH is 1. The Morgan fingerprint density at radius 1 is 1.11 bits per heavy atom. The normalized spacial score (nSPS) is 38.2. The lowest BCUT2D eigenvalue weighted by atomic mass is 9.70. The van der Waals surface area contributed by atoms with Crippen LogP contribution in [0.4, 0.5) is 0 Å². The SMILES string of the molecule is CC(C)CC1(C(O)CC2CC3CCC2C3)CCCC1. The minimum absolute atomic E-state index is 0.0123. The molecule has 0 amide bonds. The summed E-state index contributed by atoms with van der Waals surface area (Å²) in [6.45, 7) is 4.65. The molecular formula is C18H32O. The zero-order chi connectivity index (χ0) is 13.5. The molecule has 2 bridgehead atoms. The van der Waals surface area contributed by atoms with E-state index in [4.69, 9.17) is 0 Å². The van der Waals surface area contributed by atoms with E-state index in [1.165, 1.54) is 57.8 Å². The number of hydrogen-bond donors (Lipinski definition) is 1. The van der Waals surface area contributed by atoms with Crippen LogP contribution in [0.25, 0.3) is 0 Å². The van der Waals surface area contributed by atoms with Gasteiger partial charge in [0.15, 0.2) is 0 Å². The summed E-state index contributed by atoms with van der Waals surface area (Å²) < 4.78 is 0. The summed E-state index contributed by atoms with van der Waals surface area (Å²) in [7, 11) is 0. The van der Waals surface area contributed by atoms with Crippen molar-refractivity contribution in [2.24, 2.45) is 29.1 Å². The van der Waals surface area contributed by atoms with E-state index in [0.29, 0.717) is 0 Å². The quantitative estimate of drug-likeness (QED) is 0.757. The first-order chi connectivity index (χ1) is 9.09. The van der Waals surface area contributed by atoms with E-state index in [1.807, 2.05) is 0 Å². The molecule has 0 aromatic heterocycles. The van der Waals surface area contributed by atoms with Gasteiger partial charge in [0.1, 0.15) is 0 Å². The number of rotatable bonds is 5. The van der Waals surface area contributed by atoms with Gasteiger partial charge in [0.05, 0.1) is 6.10 Å². The number of fused-ring (bicyclic) bond motifs is 2. The third kappa shape index (κ3) is 2.73. The molecule has 1 N–H and O–H groups in total. The first-order valence-corrected chi connectivity index (χ1v) is 8.77. The lowest BCUT2D eigenvalue weighted by molar-refractivity contribution is -0.00944. The average molecular weight is 264 g/mol. The maximum absolute atomic E-state index is 10.9. The molecule has 3 rings (SSSR count). The summed E-state index contributed by atoms with van der Waals surface area (Å²) in [6, 6.07) is 0. The fraction of sp³-hybridized carbons (Fsp3) is 1.00. The predicted octanol–water partition coefficient (Wildman–Crippen LogP) is 4.78. The zero-order valence-electron chi connectivity index (χ0n) is 12.9. The van der Waals surface area contributed by atoms with Crippen LogP contribution in [-0.2, 0) is 0 Å². The van der Waals surface area contributed by atoms with Gasteiger partial charge in [0, 0.05) is 0 Å². The van der Waals surface area contributed by atoms with Gasteiger partial charge in [-0.15, -0.1) is 0 Å². The van der Waals surface area contributed by atoms with Crippen molar-refractivity contribution in [3.63, 3.8) is 0 Å². The maximum Gasteiger partial charge on any atom is 0.0599 e. The van der Waals surface area contributed by atoms with Gasteiger partial charge in [-0.1, -0.05) is 33.1 Å². The van der Waals surface area contributed by atoms with Crippen molar-refractivity contribution in [2.75, 3.05) is 0 Å². The van der Waals surface area contributed by atoms with Gasteiger partial charge < -0.3 is 5.11 Å². The van der Waals surface area contributed by atoms with Crippen molar-refractivity contribution in [2.45, 2.75) is 84.2 Å². The second-order valence-corrected chi connectivity index (χ2v) is 8.35. The van der Waals surface area contributed by atoms with Gasteiger partial charge in [-0.05, 0) is 74.0 Å². The van der Waals surface area contributed by atoms with Crippen molar-refractivity contribution >= 4 is 0 Å². The molecule has 1 nitrogen and oxygen atoms in total. The molecule has 3 saturated carbocycles. The Morgan fingerprint density at radius 3 is 2.37 bits per heavy atom. The Kier molecular flexibility index (Phi) is 3.95. The van der Waals surface area contributed by atoms with Crippen LogP contribution in [0.5, 0.6) is 0 Å². The molecule has 0 saturated heterocycles. The third-order valence-corrected chi connectivity index (χ3v) is 6.53. The van der Waals surface area contributed by atoms with E-state index >= 15 is 0 Å². The summed E-state index contributed by atoms with van der Waals surface area (Å²) in [4.78, 5) is 0. The first-order valence-electron chi connectivity index (χ1n) is 8.77. The molecule has 0 aromatic carbocycles. The summed E-state index contributed by atoms with van der Waals surface area (Å²) >= 11 is 0. The monoisotopic (exact) mass is 264 g/mol. The Morgan fingerprint density at radius 2 is 1.84 bits per heavy atom. The Balaban J connectivity index is 1.62. The highest BCUT2D eigenvalue weighted by Gasteiger charge is 2.45. The smallest absolute Gasteiger partial charge is 0.0599 e. The molecule has 1 heteroatoms. The molecule has 4 atom stereocenters. The van der Waals surface area contributed by atoms with E-state index < -0.39 is 0 Å². The van der Waals surface area contributed by atoms with Gasteiger partial charge in [-0.3, -0.25) is 0 Å². The van der Waals surface area contributed by atoms with Crippen LogP contribution in [0, 0.1) is 29.1 Å². The molecular weight excluding hydrogens is 232 g/mol. The molecule has 4 unspecified atom stereocenters. The van der Waals surface area contributed by atoms with Crippen molar-refractivity contribution in [3.8, 4) is 0 Å². The molecule has 0 radical (unpaired) electrons. The second kappa shape index (κ2) is 5.39. The van der Waals surface area contributed by atoms with Gasteiger partial charge in [0.2, 0.25) is 0 Å².